The van der Waals surface area contributed by atoms with E-state index in [9.17, 15) is 8.22 Å². The maximum absolute atomic E-state index is 10.2. The second kappa shape index (κ2) is 21.0. The summed E-state index contributed by atoms with van der Waals surface area (Å²) in [6, 6.07) is 75.3. The summed E-state index contributed by atoms with van der Waals surface area (Å²) in [7, 11) is -3.23. The summed E-state index contributed by atoms with van der Waals surface area (Å²) in [6.07, 6.45) is 0. The Morgan fingerprint density at radius 1 is 0.216 bits per heavy atom. The molecule has 0 unspecified atom stereocenters. The van der Waals surface area contributed by atoms with Gasteiger partial charge in [0.1, 0.15) is 0 Å². The highest BCUT2D eigenvalue weighted by Crippen LogP contribution is 2.42. The van der Waals surface area contributed by atoms with E-state index in [1.54, 1.807) is 6.07 Å². The number of hydrogen-bond donors (Lipinski definition) is 0. The Hall–Kier alpha value is -11.3. The van der Waals surface area contributed by atoms with Crippen LogP contribution in [0.25, 0.3) is 127 Å². The van der Waals surface area contributed by atoms with E-state index in [-0.39, 0.29) is 27.5 Å². The van der Waals surface area contributed by atoms with Crippen molar-refractivity contribution in [2.45, 2.75) is 0 Å². The molecule has 17 rings (SSSR count). The number of rotatable bonds is 11. The van der Waals surface area contributed by atoms with Gasteiger partial charge in [-0.05, 0) is 138 Å². The van der Waals surface area contributed by atoms with E-state index in [4.69, 9.17) is 13.7 Å². The van der Waals surface area contributed by atoms with Crippen LogP contribution in [0.5, 0.6) is 0 Å². The maximum Gasteiger partial charge on any atom is 0.179 e. The summed E-state index contributed by atoms with van der Waals surface area (Å²) in [5.74, 6) is 0. The largest absolute Gasteiger partial charge is 0.309 e. The zero-order valence-corrected chi connectivity index (χ0v) is 48.0. The quantitative estimate of drug-likeness (QED) is 0.0906. The Morgan fingerprint density at radius 2 is 0.614 bits per heavy atom. The Kier molecular flexibility index (Phi) is 8.89. The SMILES string of the molecule is [2H]c1c([2H])c([2H])c(-c2c([2H])c([2H])c3c(c2[2H])c2c([2H])c(-c4c([2H])c([2H])c([2H])c([2H])c4[2H])c([2H])c([2H])c2n3-c2ccc3c4ccccc4n(-c4cc(-c5cccc([Si](c6ccccc6)(c6ccccc6)c6cccc(-c7ccccc7)c6)c5)cc(-n5c6ccccc6c6ccccc65)c4)c3c2)c([2H])c1[2H]. The van der Waals surface area contributed by atoms with Crippen LogP contribution in [0, 0.1) is 0 Å². The fourth-order valence-electron chi connectivity index (χ4n) is 13.3. The first kappa shape index (κ1) is 37.2. The van der Waals surface area contributed by atoms with Crippen molar-refractivity contribution in [2.75, 3.05) is 0 Å². The molecule has 0 aliphatic rings. The standard InChI is InChI=1S/C84H57N3Si/c1-6-24-58(25-7-1)61-30-22-36-71(52-61)88(69-32-12-4-13-33-69,70-34-14-5-15-35-70)72-37-23-31-62(53-72)65-50-67(86-79-41-19-16-38-73(79)74-39-17-20-42-80(74)86)56-68(51-65)87-81-43-21-18-40-75(81)76-47-46-66(57-84(76)87)85-82-48-44-63(59-26-8-2-9-27-59)54-77(82)78-55-64(45-49-83(78)85)60-28-10-3-11-29-60/h1-57H/i2D,3D,8D,9D,10D,11D,26D,27D,28D,29D,44D,45D,48D,49D,54D,55D. The molecule has 3 nitrogen and oxygen atoms in total. The maximum atomic E-state index is 10.2. The van der Waals surface area contributed by atoms with Gasteiger partial charge in [-0.1, -0.05) is 273 Å². The van der Waals surface area contributed by atoms with Crippen LogP contribution >= 0.6 is 0 Å². The molecule has 4 heteroatoms. The van der Waals surface area contributed by atoms with Crippen molar-refractivity contribution in [3.63, 3.8) is 0 Å². The van der Waals surface area contributed by atoms with Crippen molar-refractivity contribution in [1.29, 1.82) is 0 Å². The topological polar surface area (TPSA) is 14.8 Å². The lowest BCUT2D eigenvalue weighted by molar-refractivity contribution is 1.13. The number of hydrogen-bond acceptors (Lipinski definition) is 0. The molecular formula is C84H57N3Si. The summed E-state index contributed by atoms with van der Waals surface area (Å²) < 4.78 is 154. The molecule has 0 N–H and O–H groups in total. The van der Waals surface area contributed by atoms with Crippen LogP contribution in [-0.4, -0.2) is 21.8 Å². The average molecular weight is 1150 g/mol. The Balaban J connectivity index is 0.967. The first-order valence-electron chi connectivity index (χ1n) is 37.1. The third-order valence-corrected chi connectivity index (χ3v) is 21.9. The molecule has 0 atom stereocenters. The van der Waals surface area contributed by atoms with E-state index >= 15 is 0 Å². The number of aromatic nitrogens is 3. The lowest BCUT2D eigenvalue weighted by atomic mass is 10.0. The molecule has 0 amide bonds. The molecular weight excluding hydrogens is 1080 g/mol. The van der Waals surface area contributed by atoms with Crippen LogP contribution in [0.1, 0.15) is 21.9 Å². The number of nitrogens with zero attached hydrogens (tertiary/aromatic N) is 3. The van der Waals surface area contributed by atoms with Crippen LogP contribution in [0.4, 0.5) is 0 Å². The van der Waals surface area contributed by atoms with E-state index in [0.717, 1.165) is 76.9 Å². The van der Waals surface area contributed by atoms with Crippen molar-refractivity contribution in [2.24, 2.45) is 0 Å². The molecule has 412 valence electrons. The molecule has 0 aliphatic carbocycles. The van der Waals surface area contributed by atoms with Gasteiger partial charge >= 0.3 is 0 Å². The zero-order valence-electron chi connectivity index (χ0n) is 63.0. The summed E-state index contributed by atoms with van der Waals surface area (Å²) >= 11 is 0. The van der Waals surface area contributed by atoms with Crippen molar-refractivity contribution >= 4 is 94.2 Å². The molecule has 0 aliphatic heterocycles. The van der Waals surface area contributed by atoms with Crippen molar-refractivity contribution < 1.29 is 21.9 Å². The molecule has 0 saturated heterocycles. The summed E-state index contributed by atoms with van der Waals surface area (Å²) in [6.45, 7) is 0. The predicted molar refractivity (Wildman–Crippen MR) is 375 cm³/mol. The molecule has 17 aromatic rings. The lowest BCUT2D eigenvalue weighted by Crippen LogP contribution is -2.74. The molecule has 3 aromatic heterocycles. The van der Waals surface area contributed by atoms with Crippen molar-refractivity contribution in [3.05, 3.63) is 345 Å². The van der Waals surface area contributed by atoms with Gasteiger partial charge in [-0.25, -0.2) is 0 Å². The normalized spacial score (nSPS) is 14.4. The van der Waals surface area contributed by atoms with E-state index in [1.165, 1.54) is 20.1 Å². The van der Waals surface area contributed by atoms with E-state index < -0.39 is 127 Å². The van der Waals surface area contributed by atoms with Gasteiger partial charge in [-0.15, -0.1) is 0 Å². The highest BCUT2D eigenvalue weighted by molar-refractivity contribution is 7.20. The van der Waals surface area contributed by atoms with Gasteiger partial charge in [-0.3, -0.25) is 0 Å². The minimum Gasteiger partial charge on any atom is -0.309 e. The van der Waals surface area contributed by atoms with E-state index in [0.29, 0.717) is 5.52 Å². The fourth-order valence-corrected chi connectivity index (χ4v) is 18.2. The second-order valence-corrected chi connectivity index (χ2v) is 25.8. The van der Waals surface area contributed by atoms with Crippen LogP contribution < -0.4 is 20.7 Å². The number of benzene rings is 14. The molecule has 0 bridgehead atoms. The molecule has 88 heavy (non-hydrogen) atoms. The first-order valence-corrected chi connectivity index (χ1v) is 31.1. The third-order valence-electron chi connectivity index (χ3n) is 17.1. The van der Waals surface area contributed by atoms with Gasteiger partial charge in [0.2, 0.25) is 0 Å². The Labute approximate surface area is 534 Å². The van der Waals surface area contributed by atoms with Gasteiger partial charge in [0, 0.05) is 49.4 Å². The van der Waals surface area contributed by atoms with Gasteiger partial charge in [-0.2, -0.15) is 0 Å². The summed E-state index contributed by atoms with van der Waals surface area (Å²) in [5, 5.41) is 7.95. The summed E-state index contributed by atoms with van der Waals surface area (Å²) in [5.41, 5.74) is 6.65. The van der Waals surface area contributed by atoms with Gasteiger partial charge < -0.3 is 13.7 Å². The molecule has 0 spiro atoms. The van der Waals surface area contributed by atoms with Crippen molar-refractivity contribution in [1.82, 2.24) is 13.7 Å². The average Bonchev–Trinajstić information content (AvgIpc) is 1.51. The third kappa shape index (κ3) is 8.33. The molecule has 14 aromatic carbocycles. The first-order chi connectivity index (χ1) is 50.3. The highest BCUT2D eigenvalue weighted by Gasteiger charge is 2.42. The monoisotopic (exact) mass is 1150 g/mol. The Bertz CT molecular complexity index is 6210. The Morgan fingerprint density at radius 3 is 1.11 bits per heavy atom. The minimum atomic E-state index is -3.23. The smallest absolute Gasteiger partial charge is 0.179 e. The van der Waals surface area contributed by atoms with Crippen LogP contribution in [-0.2, 0) is 0 Å². The fraction of sp³-hybridized carbons (Fsp3) is 0. The number of fused-ring (bicyclic) bond motifs is 9. The van der Waals surface area contributed by atoms with E-state index in [2.05, 4.69) is 185 Å². The molecule has 0 fully saturated rings. The van der Waals surface area contributed by atoms with Crippen molar-refractivity contribution in [3.8, 4) is 61.6 Å². The minimum absolute atomic E-state index is 0.208. The lowest BCUT2D eigenvalue weighted by Gasteiger charge is -2.35. The predicted octanol–water partition coefficient (Wildman–Crippen LogP) is 19.0. The molecule has 0 radical (unpaired) electrons. The van der Waals surface area contributed by atoms with Gasteiger partial charge in [0.05, 0.1) is 55.0 Å². The highest BCUT2D eigenvalue weighted by atomic mass is 28.3. The zero-order chi connectivity index (χ0) is 72.0. The molecule has 3 heterocycles. The van der Waals surface area contributed by atoms with Crippen LogP contribution in [0.3, 0.4) is 0 Å². The van der Waals surface area contributed by atoms with E-state index in [1.807, 2.05) is 66.7 Å². The number of para-hydroxylation sites is 3. The van der Waals surface area contributed by atoms with Gasteiger partial charge in [0.15, 0.2) is 8.07 Å². The van der Waals surface area contributed by atoms with Crippen LogP contribution in [0.15, 0.2) is 345 Å². The summed E-state index contributed by atoms with van der Waals surface area (Å²) in [4.78, 5) is 0. The second-order valence-electron chi connectivity index (χ2n) is 22.0. The van der Waals surface area contributed by atoms with Gasteiger partial charge in [0.25, 0.3) is 0 Å². The van der Waals surface area contributed by atoms with Crippen LogP contribution in [0.2, 0.25) is 0 Å². The molecule has 0 saturated carbocycles.